The van der Waals surface area contributed by atoms with Crippen LogP contribution in [0.15, 0.2) is 205 Å². The van der Waals surface area contributed by atoms with E-state index in [1.54, 1.807) is 0 Å². The van der Waals surface area contributed by atoms with Crippen LogP contribution in [-0.2, 0) is 6.54 Å². The minimum atomic E-state index is 0.838. The first-order valence-electron chi connectivity index (χ1n) is 22.0. The van der Waals surface area contributed by atoms with Crippen molar-refractivity contribution in [1.29, 1.82) is 0 Å². The quantitative estimate of drug-likeness (QED) is 0.182. The van der Waals surface area contributed by atoms with Crippen LogP contribution < -0.4 is 5.32 Å². The number of halogens is 1. The van der Waals surface area contributed by atoms with Gasteiger partial charge in [0.2, 0.25) is 0 Å². The van der Waals surface area contributed by atoms with Gasteiger partial charge in [-0.05, 0) is 129 Å². The van der Waals surface area contributed by atoms with Gasteiger partial charge >= 0.3 is 0 Å². The summed E-state index contributed by atoms with van der Waals surface area (Å²) in [6.45, 7) is 0.838. The summed E-state index contributed by atoms with van der Waals surface area (Å²) in [5.74, 6) is 0. The van der Waals surface area contributed by atoms with Crippen LogP contribution in [0.1, 0.15) is 10.4 Å². The van der Waals surface area contributed by atoms with E-state index < -0.39 is 0 Å². The van der Waals surface area contributed by atoms with Gasteiger partial charge in [0.25, 0.3) is 0 Å². The molecule has 9 aromatic carbocycles. The fraction of sp³-hybridized carbons (Fsp3) is 0.0169. The van der Waals surface area contributed by atoms with Crippen LogP contribution in [-0.4, -0.2) is 9.13 Å². The van der Waals surface area contributed by atoms with Crippen molar-refractivity contribution in [2.45, 2.75) is 6.54 Å². The van der Waals surface area contributed by atoms with E-state index in [9.17, 15) is 0 Å². The second-order valence-corrected chi connectivity index (χ2v) is 20.1. The molecule has 0 fully saturated rings. The highest BCUT2D eigenvalue weighted by atomic mass is 79.9. The Morgan fingerprint density at radius 3 is 1.62 bits per heavy atom. The summed E-state index contributed by atoms with van der Waals surface area (Å²) >= 11 is 7.69. The van der Waals surface area contributed by atoms with E-state index >= 15 is 0 Å². The van der Waals surface area contributed by atoms with Gasteiger partial charge in [-0.1, -0.05) is 125 Å². The number of fused-ring (bicyclic) bond motifs is 12. The van der Waals surface area contributed by atoms with E-state index in [4.69, 9.17) is 0 Å². The Morgan fingerprint density at radius 2 is 0.908 bits per heavy atom. The first-order valence-corrected chi connectivity index (χ1v) is 24.4. The van der Waals surface area contributed by atoms with Crippen molar-refractivity contribution in [1.82, 2.24) is 14.5 Å². The molecule has 0 saturated carbocycles. The smallest absolute Gasteiger partial charge is 0.0795 e. The Labute approximate surface area is 390 Å². The lowest BCUT2D eigenvalue weighted by Gasteiger charge is -2.18. The van der Waals surface area contributed by atoms with Gasteiger partial charge in [-0.2, -0.15) is 0 Å². The van der Waals surface area contributed by atoms with E-state index in [1.165, 1.54) is 123 Å². The van der Waals surface area contributed by atoms with Crippen LogP contribution >= 0.6 is 38.6 Å². The maximum absolute atomic E-state index is 3.93. The number of para-hydroxylation sites is 2. The lowest BCUT2D eigenvalue weighted by Crippen LogP contribution is -2.15. The average molecular weight is 931 g/mol. The molecule has 0 bridgehead atoms. The summed E-state index contributed by atoms with van der Waals surface area (Å²) in [5.41, 5.74) is 15.7. The monoisotopic (exact) mass is 929 g/mol. The van der Waals surface area contributed by atoms with E-state index in [1.807, 2.05) is 22.7 Å². The second-order valence-electron chi connectivity index (χ2n) is 17.1. The fourth-order valence-corrected chi connectivity index (χ4v) is 13.3. The number of hydrogen-bond donors (Lipinski definition) is 1. The lowest BCUT2D eigenvalue weighted by atomic mass is 9.97. The SMILES string of the molecule is Brc1cc(-c2ccc3c(c2)c2ccccc2n3C2=CNCc3c2sc2ccccc32)cc(-c2ccc3c(c2)c2ccccc2n3-c2ccc(-c3ccc4c(c3)sc3ccccc34)cc2)c1. The van der Waals surface area contributed by atoms with Crippen molar-refractivity contribution in [2.24, 2.45) is 0 Å². The highest BCUT2D eigenvalue weighted by Gasteiger charge is 2.24. The van der Waals surface area contributed by atoms with Gasteiger partial charge < -0.3 is 14.5 Å². The molecule has 14 rings (SSSR count). The Bertz CT molecular complexity index is 4140. The van der Waals surface area contributed by atoms with Crippen molar-refractivity contribution >= 4 is 118 Å². The minimum absolute atomic E-state index is 0.838. The molecule has 0 saturated heterocycles. The van der Waals surface area contributed by atoms with Crippen LogP contribution in [0.5, 0.6) is 0 Å². The fourth-order valence-electron chi connectivity index (χ4n) is 10.4. The standard InChI is InChI=1S/C59H36BrN3S2/c60-41-28-39(27-40(29-41)37-21-26-54-49(31-37)44-10-2-6-14-52(44)63(54)55-34-61-33-50-46-12-4-8-16-57(46)65-59(50)55)36-20-25-53-48(30-36)43-9-1-5-13-51(43)62(53)42-22-17-35(18-23-42)38-19-24-47-45-11-3-7-15-56(45)64-58(47)32-38/h1-32,34,61H,33H2. The highest BCUT2D eigenvalue weighted by molar-refractivity contribution is 9.10. The number of thiophene rings is 2. The number of rotatable bonds is 5. The summed E-state index contributed by atoms with van der Waals surface area (Å²) in [7, 11) is 0. The summed E-state index contributed by atoms with van der Waals surface area (Å²) in [6.07, 6.45) is 2.21. The van der Waals surface area contributed by atoms with Crippen molar-refractivity contribution in [3.8, 4) is 39.1 Å². The lowest BCUT2D eigenvalue weighted by molar-refractivity contribution is 0.855. The molecule has 0 amide bonds. The normalized spacial score (nSPS) is 12.8. The van der Waals surface area contributed by atoms with Crippen LogP contribution in [0, 0.1) is 0 Å². The largest absolute Gasteiger partial charge is 0.385 e. The third-order valence-electron chi connectivity index (χ3n) is 13.4. The van der Waals surface area contributed by atoms with Gasteiger partial charge in [0.1, 0.15) is 0 Å². The van der Waals surface area contributed by atoms with Gasteiger partial charge in [-0.3, -0.25) is 0 Å². The number of nitrogens with one attached hydrogen (secondary N) is 1. The molecule has 1 N–H and O–H groups in total. The molecule has 5 heterocycles. The van der Waals surface area contributed by atoms with Crippen LogP contribution in [0.3, 0.4) is 0 Å². The molecule has 1 aliphatic rings. The summed E-state index contributed by atoms with van der Waals surface area (Å²) in [4.78, 5) is 1.34. The van der Waals surface area contributed by atoms with Crippen molar-refractivity contribution in [3.05, 3.63) is 215 Å². The van der Waals surface area contributed by atoms with Crippen molar-refractivity contribution < 1.29 is 0 Å². The first-order chi connectivity index (χ1) is 32.1. The van der Waals surface area contributed by atoms with Gasteiger partial charge in [0, 0.05) is 69.3 Å². The molecule has 306 valence electrons. The zero-order valence-electron chi connectivity index (χ0n) is 34.8. The first kappa shape index (κ1) is 37.2. The maximum atomic E-state index is 3.93. The zero-order chi connectivity index (χ0) is 42.8. The molecule has 65 heavy (non-hydrogen) atoms. The predicted molar refractivity (Wildman–Crippen MR) is 283 cm³/mol. The third kappa shape index (κ3) is 5.77. The molecule has 3 nitrogen and oxygen atoms in total. The zero-order valence-corrected chi connectivity index (χ0v) is 38.1. The number of benzene rings is 9. The van der Waals surface area contributed by atoms with Crippen molar-refractivity contribution in [3.63, 3.8) is 0 Å². The molecule has 0 radical (unpaired) electrons. The number of hydrogen-bond acceptors (Lipinski definition) is 3. The van der Waals surface area contributed by atoms with E-state index in [0.717, 1.165) is 16.7 Å². The summed E-state index contributed by atoms with van der Waals surface area (Å²) in [5, 5.41) is 12.6. The minimum Gasteiger partial charge on any atom is -0.385 e. The molecule has 13 aromatic rings. The molecular formula is C59H36BrN3S2. The molecule has 4 aromatic heterocycles. The van der Waals surface area contributed by atoms with Crippen LogP contribution in [0.2, 0.25) is 0 Å². The molecular weight excluding hydrogens is 895 g/mol. The van der Waals surface area contributed by atoms with E-state index in [2.05, 4.69) is 231 Å². The molecule has 6 heteroatoms. The molecule has 0 aliphatic carbocycles. The predicted octanol–water partition coefficient (Wildman–Crippen LogP) is 17.2. The number of nitrogens with zero attached hydrogens (tertiary/aromatic N) is 2. The van der Waals surface area contributed by atoms with Crippen LogP contribution in [0.25, 0.3) is 119 Å². The van der Waals surface area contributed by atoms with Crippen LogP contribution in [0.4, 0.5) is 0 Å². The van der Waals surface area contributed by atoms with E-state index in [0.29, 0.717) is 0 Å². The van der Waals surface area contributed by atoms with Gasteiger partial charge in [-0.15, -0.1) is 22.7 Å². The Kier molecular flexibility index (Phi) is 8.23. The van der Waals surface area contributed by atoms with Gasteiger partial charge in [0.05, 0.1) is 32.6 Å². The molecule has 1 aliphatic heterocycles. The van der Waals surface area contributed by atoms with Crippen molar-refractivity contribution in [2.75, 3.05) is 0 Å². The maximum Gasteiger partial charge on any atom is 0.0795 e. The Morgan fingerprint density at radius 1 is 0.385 bits per heavy atom. The molecule has 0 atom stereocenters. The Balaban J connectivity index is 0.838. The third-order valence-corrected chi connectivity index (χ3v) is 16.3. The topological polar surface area (TPSA) is 21.9 Å². The van der Waals surface area contributed by atoms with Gasteiger partial charge in [0.15, 0.2) is 0 Å². The summed E-state index contributed by atoms with van der Waals surface area (Å²) < 4.78 is 9.90. The Hall–Kier alpha value is -7.22. The van der Waals surface area contributed by atoms with Gasteiger partial charge in [-0.25, -0.2) is 0 Å². The average Bonchev–Trinajstić information content (AvgIpc) is 4.11. The molecule has 0 unspecified atom stereocenters. The second kappa shape index (κ2) is 14.4. The highest BCUT2D eigenvalue weighted by Crippen LogP contribution is 2.44. The van der Waals surface area contributed by atoms with E-state index in [-0.39, 0.29) is 0 Å². The number of aromatic nitrogens is 2. The molecule has 0 spiro atoms. The summed E-state index contributed by atoms with van der Waals surface area (Å²) in [6, 6.07) is 71.8.